The van der Waals surface area contributed by atoms with Gasteiger partial charge in [-0.05, 0) is 32.8 Å². The molecule has 0 aliphatic rings. The minimum absolute atomic E-state index is 0.0318. The second-order valence-electron chi connectivity index (χ2n) is 4.78. The molecule has 3 nitrogen and oxygen atoms in total. The summed E-state index contributed by atoms with van der Waals surface area (Å²) < 4.78 is 0. The van der Waals surface area contributed by atoms with Gasteiger partial charge in [0.15, 0.2) is 0 Å². The van der Waals surface area contributed by atoms with Crippen LogP contribution in [-0.4, -0.2) is 18.5 Å². The molecule has 1 rings (SSSR count). The maximum Gasteiger partial charge on any atom is 0.221 e. The predicted molar refractivity (Wildman–Crippen MR) is 70.9 cm³/mol. The van der Waals surface area contributed by atoms with E-state index in [1.165, 1.54) is 16.7 Å². The smallest absolute Gasteiger partial charge is 0.221 e. The molecule has 0 spiro atoms. The van der Waals surface area contributed by atoms with Crippen LogP contribution < -0.4 is 11.1 Å². The third-order valence-electron chi connectivity index (χ3n) is 2.52. The van der Waals surface area contributed by atoms with E-state index in [2.05, 4.69) is 37.4 Å². The summed E-state index contributed by atoms with van der Waals surface area (Å²) in [6.45, 7) is 6.69. The molecular weight excluding hydrogens is 212 g/mol. The zero-order valence-corrected chi connectivity index (χ0v) is 10.9. The van der Waals surface area contributed by atoms with Crippen molar-refractivity contribution in [3.63, 3.8) is 0 Å². The fraction of sp³-hybridized carbons (Fsp3) is 0.500. The molecule has 94 valence electrons. The van der Waals surface area contributed by atoms with E-state index < -0.39 is 0 Å². The maximum atomic E-state index is 11.4. The molecule has 1 unspecified atom stereocenters. The number of carbonyl (C=O) groups is 1. The first-order chi connectivity index (χ1) is 7.97. The summed E-state index contributed by atoms with van der Waals surface area (Å²) in [4.78, 5) is 11.4. The van der Waals surface area contributed by atoms with Gasteiger partial charge >= 0.3 is 0 Å². The lowest BCUT2D eigenvalue weighted by Gasteiger charge is -2.08. The first-order valence-electron chi connectivity index (χ1n) is 6.07. The summed E-state index contributed by atoms with van der Waals surface area (Å²) in [6.07, 6.45) is 1.26. The number of hydrogen-bond donors (Lipinski definition) is 2. The number of hydrogen-bond acceptors (Lipinski definition) is 2. The topological polar surface area (TPSA) is 55.1 Å². The molecule has 1 aromatic rings. The van der Waals surface area contributed by atoms with Crippen LogP contribution in [0.5, 0.6) is 0 Å². The molecule has 0 aliphatic carbocycles. The monoisotopic (exact) mass is 234 g/mol. The van der Waals surface area contributed by atoms with E-state index in [1.54, 1.807) is 0 Å². The molecule has 1 atom stereocenters. The van der Waals surface area contributed by atoms with Crippen LogP contribution in [0.2, 0.25) is 0 Å². The van der Waals surface area contributed by atoms with Gasteiger partial charge in [0.2, 0.25) is 5.91 Å². The quantitative estimate of drug-likeness (QED) is 0.814. The average molecular weight is 234 g/mol. The Labute approximate surface area is 103 Å². The third kappa shape index (κ3) is 5.50. The van der Waals surface area contributed by atoms with Crippen molar-refractivity contribution in [3.05, 3.63) is 34.9 Å². The van der Waals surface area contributed by atoms with E-state index in [1.807, 2.05) is 6.92 Å². The Kier molecular flexibility index (Phi) is 5.16. The summed E-state index contributed by atoms with van der Waals surface area (Å²) in [7, 11) is 0. The fourth-order valence-electron chi connectivity index (χ4n) is 1.92. The summed E-state index contributed by atoms with van der Waals surface area (Å²) >= 11 is 0. The van der Waals surface area contributed by atoms with Gasteiger partial charge < -0.3 is 11.1 Å². The van der Waals surface area contributed by atoms with Crippen molar-refractivity contribution >= 4 is 5.91 Å². The number of carbonyl (C=O) groups excluding carboxylic acids is 1. The van der Waals surface area contributed by atoms with Gasteiger partial charge in [-0.1, -0.05) is 29.3 Å². The second-order valence-corrected chi connectivity index (χ2v) is 4.78. The molecule has 1 amide bonds. The highest BCUT2D eigenvalue weighted by molar-refractivity contribution is 5.76. The summed E-state index contributed by atoms with van der Waals surface area (Å²) in [5, 5.41) is 2.88. The minimum atomic E-state index is -0.0729. The molecule has 0 heterocycles. The molecule has 17 heavy (non-hydrogen) atoms. The summed E-state index contributed by atoms with van der Waals surface area (Å²) in [5.41, 5.74) is 9.35. The molecule has 0 bridgehead atoms. The highest BCUT2D eigenvalue weighted by Crippen LogP contribution is 2.08. The van der Waals surface area contributed by atoms with Crippen LogP contribution in [0.4, 0.5) is 0 Å². The number of amides is 1. The van der Waals surface area contributed by atoms with E-state index in [9.17, 15) is 4.79 Å². The maximum absolute atomic E-state index is 11.4. The lowest BCUT2D eigenvalue weighted by atomic mass is 10.1. The Hall–Kier alpha value is -1.35. The minimum Gasteiger partial charge on any atom is -0.356 e. The van der Waals surface area contributed by atoms with E-state index in [4.69, 9.17) is 5.73 Å². The van der Waals surface area contributed by atoms with Gasteiger partial charge in [0.1, 0.15) is 0 Å². The van der Waals surface area contributed by atoms with Crippen molar-refractivity contribution in [2.24, 2.45) is 5.73 Å². The summed E-state index contributed by atoms with van der Waals surface area (Å²) in [6, 6.07) is 6.39. The number of benzene rings is 1. The number of aryl methyl sites for hydroxylation is 2. The molecule has 0 saturated carbocycles. The van der Waals surface area contributed by atoms with Gasteiger partial charge in [-0.3, -0.25) is 4.79 Å². The molecule has 0 aromatic heterocycles. The van der Waals surface area contributed by atoms with Crippen molar-refractivity contribution < 1.29 is 4.79 Å². The Morgan fingerprint density at radius 2 is 1.88 bits per heavy atom. The van der Waals surface area contributed by atoms with Crippen LogP contribution in [0, 0.1) is 13.8 Å². The van der Waals surface area contributed by atoms with Gasteiger partial charge in [0, 0.05) is 19.0 Å². The first kappa shape index (κ1) is 13.7. The van der Waals surface area contributed by atoms with E-state index in [0.29, 0.717) is 13.0 Å². The third-order valence-corrected chi connectivity index (χ3v) is 2.52. The molecule has 0 fully saturated rings. The Morgan fingerprint density at radius 3 is 2.41 bits per heavy atom. The highest BCUT2D eigenvalue weighted by Gasteiger charge is 2.04. The number of rotatable bonds is 5. The van der Waals surface area contributed by atoms with Crippen LogP contribution >= 0.6 is 0 Å². The van der Waals surface area contributed by atoms with Crippen LogP contribution in [-0.2, 0) is 11.2 Å². The van der Waals surface area contributed by atoms with Crippen LogP contribution in [0.25, 0.3) is 0 Å². The van der Waals surface area contributed by atoms with Crippen molar-refractivity contribution in [2.45, 2.75) is 39.7 Å². The molecule has 0 saturated heterocycles. The molecular formula is C14H22N2O. The second kappa shape index (κ2) is 6.40. The van der Waals surface area contributed by atoms with Crippen LogP contribution in [0.15, 0.2) is 18.2 Å². The SMILES string of the molecule is Cc1cc(C)cc(CCNC(=O)CC(C)N)c1. The van der Waals surface area contributed by atoms with Crippen molar-refractivity contribution in [3.8, 4) is 0 Å². The molecule has 3 heteroatoms. The molecule has 0 aliphatic heterocycles. The average Bonchev–Trinajstić information content (AvgIpc) is 2.14. The normalized spacial score (nSPS) is 12.2. The van der Waals surface area contributed by atoms with Crippen molar-refractivity contribution in [1.82, 2.24) is 5.32 Å². The van der Waals surface area contributed by atoms with Gasteiger partial charge in [0.25, 0.3) is 0 Å². The van der Waals surface area contributed by atoms with Gasteiger partial charge in [-0.2, -0.15) is 0 Å². The Balaban J connectivity index is 2.38. The van der Waals surface area contributed by atoms with E-state index in [0.717, 1.165) is 6.42 Å². The predicted octanol–water partition coefficient (Wildman–Crippen LogP) is 1.70. The van der Waals surface area contributed by atoms with Crippen LogP contribution in [0.1, 0.15) is 30.0 Å². The zero-order valence-electron chi connectivity index (χ0n) is 10.9. The Morgan fingerprint density at radius 1 is 1.29 bits per heavy atom. The number of nitrogens with two attached hydrogens (primary N) is 1. The van der Waals surface area contributed by atoms with Gasteiger partial charge in [0.05, 0.1) is 0 Å². The molecule has 0 radical (unpaired) electrons. The zero-order chi connectivity index (χ0) is 12.8. The Bertz CT molecular complexity index is 366. The number of nitrogens with one attached hydrogen (secondary N) is 1. The standard InChI is InChI=1S/C14H22N2O/c1-10-6-11(2)8-13(7-10)4-5-16-14(17)9-12(3)15/h6-8,12H,4-5,9,15H2,1-3H3,(H,16,17). The van der Waals surface area contributed by atoms with Crippen LogP contribution in [0.3, 0.4) is 0 Å². The van der Waals surface area contributed by atoms with E-state index in [-0.39, 0.29) is 11.9 Å². The van der Waals surface area contributed by atoms with Gasteiger partial charge in [-0.15, -0.1) is 0 Å². The fourth-order valence-corrected chi connectivity index (χ4v) is 1.92. The van der Waals surface area contributed by atoms with Crippen molar-refractivity contribution in [2.75, 3.05) is 6.54 Å². The van der Waals surface area contributed by atoms with Crippen molar-refractivity contribution in [1.29, 1.82) is 0 Å². The lowest BCUT2D eigenvalue weighted by molar-refractivity contribution is -0.121. The van der Waals surface area contributed by atoms with E-state index >= 15 is 0 Å². The highest BCUT2D eigenvalue weighted by atomic mass is 16.1. The van der Waals surface area contributed by atoms with Gasteiger partial charge in [-0.25, -0.2) is 0 Å². The lowest BCUT2D eigenvalue weighted by Crippen LogP contribution is -2.31. The largest absolute Gasteiger partial charge is 0.356 e. The molecule has 1 aromatic carbocycles. The first-order valence-corrected chi connectivity index (χ1v) is 6.07. The summed E-state index contributed by atoms with van der Waals surface area (Å²) in [5.74, 6) is 0.0318. The molecule has 3 N–H and O–H groups in total.